The second kappa shape index (κ2) is 10.8. The SMILES string of the molecule is COCCNC(=O)CN1CCN(Cn2nc(Nc3ccccc3C)sc2=S)CC1. The molecule has 0 saturated carbocycles. The lowest BCUT2D eigenvalue weighted by molar-refractivity contribution is -0.122. The Kier molecular flexibility index (Phi) is 8.13. The number of carbonyl (C=O) groups is 1. The van der Waals surface area contributed by atoms with Crippen LogP contribution in [-0.2, 0) is 16.2 Å². The Morgan fingerprint density at radius 3 is 2.69 bits per heavy atom. The lowest BCUT2D eigenvalue weighted by Gasteiger charge is -2.33. The molecule has 0 bridgehead atoms. The first-order valence-corrected chi connectivity index (χ1v) is 10.9. The summed E-state index contributed by atoms with van der Waals surface area (Å²) in [5.74, 6) is 0.0455. The number of hydrogen-bond acceptors (Lipinski definition) is 8. The molecule has 0 aliphatic carbocycles. The zero-order valence-corrected chi connectivity index (χ0v) is 18.5. The Hall–Kier alpha value is -1.85. The smallest absolute Gasteiger partial charge is 0.234 e. The maximum atomic E-state index is 11.9. The van der Waals surface area contributed by atoms with Gasteiger partial charge in [-0.05, 0) is 30.8 Å². The van der Waals surface area contributed by atoms with Gasteiger partial charge < -0.3 is 15.4 Å². The lowest BCUT2D eigenvalue weighted by atomic mass is 10.2. The van der Waals surface area contributed by atoms with Gasteiger partial charge in [-0.2, -0.15) is 0 Å². The number of para-hydroxylation sites is 1. The van der Waals surface area contributed by atoms with Crippen LogP contribution < -0.4 is 10.6 Å². The number of piperazine rings is 1. The molecular weight excluding hydrogens is 408 g/mol. The number of benzene rings is 1. The van der Waals surface area contributed by atoms with Crippen LogP contribution in [0, 0.1) is 10.9 Å². The van der Waals surface area contributed by atoms with Gasteiger partial charge in [0.15, 0.2) is 3.95 Å². The minimum absolute atomic E-state index is 0.0455. The van der Waals surface area contributed by atoms with Crippen LogP contribution >= 0.6 is 23.6 Å². The fraction of sp³-hybridized carbons (Fsp3) is 0.526. The zero-order chi connectivity index (χ0) is 20.6. The summed E-state index contributed by atoms with van der Waals surface area (Å²) in [4.78, 5) is 16.4. The van der Waals surface area contributed by atoms with Crippen LogP contribution in [0.2, 0.25) is 0 Å². The molecule has 1 saturated heterocycles. The van der Waals surface area contributed by atoms with E-state index in [1.54, 1.807) is 7.11 Å². The molecule has 2 aromatic rings. The monoisotopic (exact) mass is 436 g/mol. The van der Waals surface area contributed by atoms with E-state index >= 15 is 0 Å². The van der Waals surface area contributed by atoms with Crippen molar-refractivity contribution in [2.75, 3.05) is 58.3 Å². The Labute approximate surface area is 180 Å². The summed E-state index contributed by atoms with van der Waals surface area (Å²) in [6.45, 7) is 7.71. The normalized spacial score (nSPS) is 15.4. The van der Waals surface area contributed by atoms with E-state index in [2.05, 4.69) is 38.5 Å². The van der Waals surface area contributed by atoms with Crippen molar-refractivity contribution in [1.29, 1.82) is 0 Å². The van der Waals surface area contributed by atoms with Crippen LogP contribution in [0.3, 0.4) is 0 Å². The third kappa shape index (κ3) is 6.58. The fourth-order valence-electron chi connectivity index (χ4n) is 3.10. The number of amides is 1. The Balaban J connectivity index is 1.47. The molecule has 2 heterocycles. The number of anilines is 2. The van der Waals surface area contributed by atoms with E-state index in [4.69, 9.17) is 17.0 Å². The molecule has 1 aromatic carbocycles. The van der Waals surface area contributed by atoms with Crippen molar-refractivity contribution >= 4 is 40.3 Å². The molecule has 1 aromatic heterocycles. The van der Waals surface area contributed by atoms with Crippen LogP contribution in [0.15, 0.2) is 24.3 Å². The number of aryl methyl sites for hydroxylation is 1. The van der Waals surface area contributed by atoms with E-state index in [0.29, 0.717) is 26.4 Å². The van der Waals surface area contributed by atoms with Crippen LogP contribution in [0.4, 0.5) is 10.8 Å². The predicted octanol–water partition coefficient (Wildman–Crippen LogP) is 2.06. The number of nitrogens with one attached hydrogen (secondary N) is 2. The molecule has 1 aliphatic rings. The summed E-state index contributed by atoms with van der Waals surface area (Å²) in [7, 11) is 1.63. The molecule has 1 aliphatic heterocycles. The van der Waals surface area contributed by atoms with E-state index < -0.39 is 0 Å². The molecule has 29 heavy (non-hydrogen) atoms. The third-order valence-corrected chi connectivity index (χ3v) is 6.01. The Bertz CT molecular complexity index is 860. The average Bonchev–Trinajstić information content (AvgIpc) is 3.04. The summed E-state index contributed by atoms with van der Waals surface area (Å²) < 4.78 is 7.57. The van der Waals surface area contributed by atoms with Gasteiger partial charge in [-0.15, -0.1) is 5.10 Å². The van der Waals surface area contributed by atoms with E-state index in [1.807, 2.05) is 22.9 Å². The largest absolute Gasteiger partial charge is 0.383 e. The third-order valence-electron chi connectivity index (χ3n) is 4.79. The molecule has 0 atom stereocenters. The van der Waals surface area contributed by atoms with Crippen molar-refractivity contribution in [3.05, 3.63) is 33.8 Å². The first-order chi connectivity index (χ1) is 14.0. The molecule has 10 heteroatoms. The van der Waals surface area contributed by atoms with Crippen LogP contribution in [0.25, 0.3) is 0 Å². The van der Waals surface area contributed by atoms with Crippen molar-refractivity contribution in [3.63, 3.8) is 0 Å². The summed E-state index contributed by atoms with van der Waals surface area (Å²) in [5, 5.41) is 11.7. The van der Waals surface area contributed by atoms with Crippen molar-refractivity contribution in [2.24, 2.45) is 0 Å². The van der Waals surface area contributed by atoms with E-state index in [0.717, 1.165) is 41.0 Å². The summed E-state index contributed by atoms with van der Waals surface area (Å²) in [6.07, 6.45) is 0. The molecule has 8 nitrogen and oxygen atoms in total. The number of hydrogen-bond donors (Lipinski definition) is 2. The quantitative estimate of drug-likeness (QED) is 0.460. The number of aromatic nitrogens is 2. The minimum Gasteiger partial charge on any atom is -0.383 e. The molecule has 1 fully saturated rings. The number of ether oxygens (including phenoxy) is 1. The molecule has 1 amide bonds. The highest BCUT2D eigenvalue weighted by molar-refractivity contribution is 7.73. The van der Waals surface area contributed by atoms with Crippen LogP contribution in [-0.4, -0.2) is 78.5 Å². The standard InChI is InChI=1S/C19H28N6O2S2/c1-15-5-3-4-6-16(15)21-18-22-25(19(28)29-18)14-24-10-8-23(9-11-24)13-17(26)20-7-12-27-2/h3-6H,7-14H2,1-2H3,(H,20,26)(H,21,22). The molecule has 2 N–H and O–H groups in total. The van der Waals surface area contributed by atoms with Gasteiger partial charge in [0.05, 0.1) is 19.8 Å². The number of nitrogens with zero attached hydrogens (tertiary/aromatic N) is 4. The van der Waals surface area contributed by atoms with Crippen molar-refractivity contribution < 1.29 is 9.53 Å². The van der Waals surface area contributed by atoms with Crippen LogP contribution in [0.5, 0.6) is 0 Å². The second-order valence-corrected chi connectivity index (χ2v) is 8.61. The predicted molar refractivity (Wildman–Crippen MR) is 118 cm³/mol. The number of rotatable bonds is 9. The van der Waals surface area contributed by atoms with Crippen molar-refractivity contribution in [2.45, 2.75) is 13.6 Å². The van der Waals surface area contributed by atoms with Gasteiger partial charge in [-0.1, -0.05) is 29.5 Å². The van der Waals surface area contributed by atoms with Gasteiger partial charge in [-0.3, -0.25) is 14.6 Å². The highest BCUT2D eigenvalue weighted by Crippen LogP contribution is 2.23. The van der Waals surface area contributed by atoms with Crippen molar-refractivity contribution in [3.8, 4) is 0 Å². The molecule has 3 rings (SSSR count). The van der Waals surface area contributed by atoms with Crippen LogP contribution in [0.1, 0.15) is 5.56 Å². The summed E-state index contributed by atoms with van der Waals surface area (Å²) >= 11 is 6.98. The zero-order valence-electron chi connectivity index (χ0n) is 16.9. The van der Waals surface area contributed by atoms with Gasteiger partial charge in [0.25, 0.3) is 0 Å². The Morgan fingerprint density at radius 2 is 1.97 bits per heavy atom. The topological polar surface area (TPSA) is 74.7 Å². The van der Waals surface area contributed by atoms with Crippen molar-refractivity contribution in [1.82, 2.24) is 24.9 Å². The van der Waals surface area contributed by atoms with Gasteiger partial charge in [0.2, 0.25) is 11.0 Å². The van der Waals surface area contributed by atoms with Gasteiger partial charge in [0.1, 0.15) is 0 Å². The molecule has 0 unspecified atom stereocenters. The first kappa shape index (κ1) is 21.8. The fourth-order valence-corrected chi connectivity index (χ4v) is 4.11. The van der Waals surface area contributed by atoms with Gasteiger partial charge in [-0.25, -0.2) is 4.68 Å². The molecule has 0 radical (unpaired) electrons. The van der Waals surface area contributed by atoms with E-state index in [-0.39, 0.29) is 5.91 Å². The average molecular weight is 437 g/mol. The molecule has 158 valence electrons. The molecule has 0 spiro atoms. The summed E-state index contributed by atoms with van der Waals surface area (Å²) in [6, 6.07) is 8.12. The summed E-state index contributed by atoms with van der Waals surface area (Å²) in [5.41, 5.74) is 2.21. The molecular formula is C19H28N6O2S2. The number of carbonyl (C=O) groups excluding carboxylic acids is 1. The van der Waals surface area contributed by atoms with Gasteiger partial charge >= 0.3 is 0 Å². The van der Waals surface area contributed by atoms with Gasteiger partial charge in [0, 0.05) is 45.5 Å². The maximum Gasteiger partial charge on any atom is 0.234 e. The maximum absolute atomic E-state index is 11.9. The first-order valence-electron chi connectivity index (χ1n) is 9.66. The minimum atomic E-state index is 0.0455. The second-order valence-electron chi connectivity index (χ2n) is 6.99. The van der Waals surface area contributed by atoms with E-state index in [1.165, 1.54) is 16.9 Å². The van der Waals surface area contributed by atoms with E-state index in [9.17, 15) is 4.79 Å². The highest BCUT2D eigenvalue weighted by Gasteiger charge is 2.19. The Morgan fingerprint density at radius 1 is 1.24 bits per heavy atom. The lowest BCUT2D eigenvalue weighted by Crippen LogP contribution is -2.49. The number of methoxy groups -OCH3 is 1. The highest BCUT2D eigenvalue weighted by atomic mass is 32.1.